The molecule has 2 heterocycles. The monoisotopic (exact) mass is 313 g/mol. The van der Waals surface area contributed by atoms with Gasteiger partial charge in [-0.1, -0.05) is 18.9 Å². The van der Waals surface area contributed by atoms with Crippen molar-refractivity contribution >= 4 is 0 Å². The highest BCUT2D eigenvalue weighted by Crippen LogP contribution is 2.31. The van der Waals surface area contributed by atoms with Crippen molar-refractivity contribution in [3.8, 4) is 0 Å². The summed E-state index contributed by atoms with van der Waals surface area (Å²) in [4.78, 5) is 4.50. The maximum absolute atomic E-state index is 4.50. The van der Waals surface area contributed by atoms with Crippen molar-refractivity contribution in [1.29, 1.82) is 0 Å². The van der Waals surface area contributed by atoms with Crippen LogP contribution in [-0.2, 0) is 6.42 Å². The number of nitrogens with zero attached hydrogens (tertiary/aromatic N) is 4. The third-order valence-electron chi connectivity index (χ3n) is 4.73. The van der Waals surface area contributed by atoms with Crippen LogP contribution in [0.5, 0.6) is 0 Å². The fourth-order valence-corrected chi connectivity index (χ4v) is 3.52. The minimum Gasteiger partial charge on any atom is -0.313 e. The summed E-state index contributed by atoms with van der Waals surface area (Å²) in [5.74, 6) is 1.06. The molecule has 2 aromatic heterocycles. The molecule has 5 nitrogen and oxygen atoms in total. The van der Waals surface area contributed by atoms with Gasteiger partial charge in [0, 0.05) is 30.4 Å². The van der Waals surface area contributed by atoms with Crippen molar-refractivity contribution in [2.75, 3.05) is 0 Å². The van der Waals surface area contributed by atoms with Gasteiger partial charge >= 0.3 is 0 Å². The van der Waals surface area contributed by atoms with Crippen LogP contribution in [0.15, 0.2) is 24.7 Å². The summed E-state index contributed by atoms with van der Waals surface area (Å²) >= 11 is 0. The molecular weight excluding hydrogens is 286 g/mol. The predicted octanol–water partition coefficient (Wildman–Crippen LogP) is 3.38. The van der Waals surface area contributed by atoms with Gasteiger partial charge in [0.1, 0.15) is 12.2 Å². The molecule has 3 rings (SSSR count). The van der Waals surface area contributed by atoms with Gasteiger partial charge in [-0.25, -0.2) is 0 Å². The molecule has 1 aliphatic carbocycles. The molecule has 1 N–H and O–H groups in total. The fourth-order valence-electron chi connectivity index (χ4n) is 3.52. The normalized spacial score (nSPS) is 18.2. The van der Waals surface area contributed by atoms with E-state index in [-0.39, 0.29) is 6.04 Å². The first-order chi connectivity index (χ1) is 11.1. The lowest BCUT2D eigenvalue weighted by Gasteiger charge is -2.22. The maximum Gasteiger partial charge on any atom is 0.149 e. The third kappa shape index (κ3) is 3.96. The summed E-state index contributed by atoms with van der Waals surface area (Å²) in [5, 5.41) is 12.2. The average molecular weight is 313 g/mol. The number of hydrogen-bond acceptors (Lipinski definition) is 4. The van der Waals surface area contributed by atoms with E-state index < -0.39 is 0 Å². The molecule has 1 aliphatic rings. The second-order valence-electron chi connectivity index (χ2n) is 6.86. The van der Waals surface area contributed by atoms with E-state index in [1.807, 2.05) is 12.5 Å². The van der Waals surface area contributed by atoms with E-state index >= 15 is 0 Å². The van der Waals surface area contributed by atoms with Crippen LogP contribution in [0, 0.1) is 6.92 Å². The van der Waals surface area contributed by atoms with E-state index in [0.29, 0.717) is 12.1 Å². The topological polar surface area (TPSA) is 55.6 Å². The summed E-state index contributed by atoms with van der Waals surface area (Å²) < 4.78 is 2.28. The van der Waals surface area contributed by atoms with E-state index in [1.54, 1.807) is 0 Å². The number of pyridine rings is 1. The molecule has 124 valence electrons. The summed E-state index contributed by atoms with van der Waals surface area (Å²) in [6.07, 6.45) is 9.89. The van der Waals surface area contributed by atoms with Crippen LogP contribution in [0.2, 0.25) is 0 Å². The zero-order valence-electron chi connectivity index (χ0n) is 14.4. The quantitative estimate of drug-likeness (QED) is 0.888. The summed E-state index contributed by atoms with van der Waals surface area (Å²) in [6, 6.07) is 5.35. The highest BCUT2D eigenvalue weighted by Gasteiger charge is 2.23. The Morgan fingerprint density at radius 3 is 2.74 bits per heavy atom. The molecule has 0 unspecified atom stereocenters. The van der Waals surface area contributed by atoms with Crippen LogP contribution >= 0.6 is 0 Å². The van der Waals surface area contributed by atoms with E-state index in [4.69, 9.17) is 0 Å². The van der Waals surface area contributed by atoms with E-state index in [2.05, 4.69) is 58.0 Å². The minimum absolute atomic E-state index is 0.193. The zero-order valence-corrected chi connectivity index (χ0v) is 14.4. The van der Waals surface area contributed by atoms with Gasteiger partial charge in [-0.05, 0) is 45.2 Å². The molecule has 0 amide bonds. The number of aryl methyl sites for hydroxylation is 1. The number of rotatable bonds is 6. The van der Waals surface area contributed by atoms with E-state index in [9.17, 15) is 0 Å². The molecule has 0 aliphatic heterocycles. The molecule has 0 radical (unpaired) electrons. The standard InChI is InChI=1S/C18H27N5/c1-13-8-9-16(19-11-13)10-14(2)21-15(3)18-22-20-12-23(18)17-6-4-5-7-17/h8-9,11-12,14-15,17,21H,4-7,10H2,1-3H3/t14-,15-/m1/s1. The molecule has 0 bridgehead atoms. The van der Waals surface area contributed by atoms with Crippen molar-refractivity contribution < 1.29 is 0 Å². The third-order valence-corrected chi connectivity index (χ3v) is 4.73. The zero-order chi connectivity index (χ0) is 16.2. The maximum atomic E-state index is 4.50. The Morgan fingerprint density at radius 1 is 1.26 bits per heavy atom. The highest BCUT2D eigenvalue weighted by molar-refractivity contribution is 5.13. The Morgan fingerprint density at radius 2 is 2.04 bits per heavy atom. The summed E-state index contributed by atoms with van der Waals surface area (Å²) in [7, 11) is 0. The predicted molar refractivity (Wildman–Crippen MR) is 91.2 cm³/mol. The molecule has 2 atom stereocenters. The smallest absolute Gasteiger partial charge is 0.149 e. The largest absolute Gasteiger partial charge is 0.313 e. The lowest BCUT2D eigenvalue weighted by molar-refractivity contribution is 0.417. The number of hydrogen-bond donors (Lipinski definition) is 1. The van der Waals surface area contributed by atoms with Gasteiger partial charge in [-0.3, -0.25) is 4.98 Å². The lowest BCUT2D eigenvalue weighted by Crippen LogP contribution is -2.32. The Balaban J connectivity index is 1.61. The van der Waals surface area contributed by atoms with Gasteiger partial charge in [0.05, 0.1) is 6.04 Å². The van der Waals surface area contributed by atoms with E-state index in [0.717, 1.165) is 17.9 Å². The Labute approximate surface area is 138 Å². The first kappa shape index (κ1) is 16.1. The van der Waals surface area contributed by atoms with Crippen molar-refractivity contribution in [2.24, 2.45) is 0 Å². The second kappa shape index (κ2) is 7.21. The molecule has 0 saturated heterocycles. The Kier molecular flexibility index (Phi) is 5.06. The molecule has 1 fully saturated rings. The summed E-state index contributed by atoms with van der Waals surface area (Å²) in [5.41, 5.74) is 2.33. The van der Waals surface area contributed by atoms with Gasteiger partial charge in [-0.2, -0.15) is 0 Å². The first-order valence-corrected chi connectivity index (χ1v) is 8.70. The van der Waals surface area contributed by atoms with Crippen LogP contribution < -0.4 is 5.32 Å². The molecule has 2 aromatic rings. The van der Waals surface area contributed by atoms with Crippen LogP contribution in [0.1, 0.15) is 68.7 Å². The number of aromatic nitrogens is 4. The van der Waals surface area contributed by atoms with Gasteiger partial charge in [-0.15, -0.1) is 10.2 Å². The number of nitrogens with one attached hydrogen (secondary N) is 1. The fraction of sp³-hybridized carbons (Fsp3) is 0.611. The highest BCUT2D eigenvalue weighted by atomic mass is 15.3. The van der Waals surface area contributed by atoms with Crippen molar-refractivity contribution in [1.82, 2.24) is 25.1 Å². The van der Waals surface area contributed by atoms with Crippen molar-refractivity contribution in [2.45, 2.75) is 71.0 Å². The lowest BCUT2D eigenvalue weighted by atomic mass is 10.1. The molecule has 23 heavy (non-hydrogen) atoms. The van der Waals surface area contributed by atoms with Gasteiger partial charge in [0.25, 0.3) is 0 Å². The first-order valence-electron chi connectivity index (χ1n) is 8.70. The molecule has 0 spiro atoms. The molecular formula is C18H27N5. The van der Waals surface area contributed by atoms with Gasteiger partial charge in [0.15, 0.2) is 0 Å². The van der Waals surface area contributed by atoms with Crippen LogP contribution in [0.3, 0.4) is 0 Å². The van der Waals surface area contributed by atoms with Crippen LogP contribution in [-0.4, -0.2) is 25.8 Å². The summed E-state index contributed by atoms with van der Waals surface area (Å²) in [6.45, 7) is 6.44. The van der Waals surface area contributed by atoms with Gasteiger partial charge < -0.3 is 9.88 Å². The van der Waals surface area contributed by atoms with E-state index in [1.165, 1.54) is 31.2 Å². The molecule has 0 aromatic carbocycles. The van der Waals surface area contributed by atoms with Crippen molar-refractivity contribution in [3.05, 3.63) is 41.7 Å². The van der Waals surface area contributed by atoms with Crippen molar-refractivity contribution in [3.63, 3.8) is 0 Å². The molecule has 1 saturated carbocycles. The van der Waals surface area contributed by atoms with Gasteiger partial charge in [0.2, 0.25) is 0 Å². The SMILES string of the molecule is Cc1ccc(C[C@@H](C)N[C@H](C)c2nncn2C2CCCC2)nc1. The molecule has 5 heteroatoms. The van der Waals surface area contributed by atoms with Crippen LogP contribution in [0.25, 0.3) is 0 Å². The van der Waals surface area contributed by atoms with Crippen LogP contribution in [0.4, 0.5) is 0 Å². The minimum atomic E-state index is 0.193. The Hall–Kier alpha value is -1.75. The second-order valence-corrected chi connectivity index (χ2v) is 6.86. The Bertz CT molecular complexity index is 613. The average Bonchev–Trinajstić information content (AvgIpc) is 3.19.